The van der Waals surface area contributed by atoms with E-state index in [4.69, 9.17) is 4.74 Å². The van der Waals surface area contributed by atoms with Gasteiger partial charge in [0.15, 0.2) is 0 Å². The zero-order valence-corrected chi connectivity index (χ0v) is 17.0. The summed E-state index contributed by atoms with van der Waals surface area (Å²) in [5, 5.41) is 19.3. The molecule has 0 spiro atoms. The lowest BCUT2D eigenvalue weighted by atomic mass is 10.1. The Bertz CT molecular complexity index is 1210. The van der Waals surface area contributed by atoms with Crippen molar-refractivity contribution in [1.82, 2.24) is 5.01 Å². The minimum atomic E-state index is -0.917. The molecule has 1 aliphatic rings. The topological polar surface area (TPSA) is 114 Å². The number of hydrazone groups is 1. The Hall–Kier alpha value is -4.53. The zero-order chi connectivity index (χ0) is 22.7. The van der Waals surface area contributed by atoms with Gasteiger partial charge in [0.05, 0.1) is 4.92 Å². The molecule has 9 nitrogen and oxygen atoms in total. The molecule has 0 radical (unpaired) electrons. The highest BCUT2D eigenvalue weighted by atomic mass is 16.6. The molecular formula is C23H18N4O5. The lowest BCUT2D eigenvalue weighted by Crippen LogP contribution is -2.25. The van der Waals surface area contributed by atoms with Crippen LogP contribution in [0.15, 0.2) is 84.0 Å². The maximum atomic E-state index is 12.3. The first-order chi connectivity index (χ1) is 15.4. The molecule has 3 aromatic rings. The number of hydrogen-bond acceptors (Lipinski definition) is 6. The summed E-state index contributed by atoms with van der Waals surface area (Å²) in [5.74, 6) is -0.415. The van der Waals surface area contributed by atoms with Crippen LogP contribution in [0, 0.1) is 10.1 Å². The van der Waals surface area contributed by atoms with Gasteiger partial charge in [0.1, 0.15) is 0 Å². The molecule has 1 heterocycles. The normalized spacial score (nSPS) is 15.0. The van der Waals surface area contributed by atoms with Crippen LogP contribution in [-0.4, -0.2) is 27.6 Å². The van der Waals surface area contributed by atoms with Crippen LogP contribution in [-0.2, 0) is 9.53 Å². The number of amides is 2. The monoisotopic (exact) mass is 430 g/mol. The molecule has 2 amide bonds. The van der Waals surface area contributed by atoms with E-state index in [2.05, 4.69) is 10.4 Å². The molecule has 1 N–H and O–H groups in total. The van der Waals surface area contributed by atoms with Crippen molar-refractivity contribution in [1.29, 1.82) is 0 Å². The number of carbonyl (C=O) groups is 2. The van der Waals surface area contributed by atoms with Crippen LogP contribution in [0.2, 0.25) is 0 Å². The van der Waals surface area contributed by atoms with Crippen LogP contribution in [0.1, 0.15) is 34.6 Å². The van der Waals surface area contributed by atoms with Gasteiger partial charge in [-0.1, -0.05) is 30.3 Å². The summed E-state index contributed by atoms with van der Waals surface area (Å²) in [6.45, 7) is 1.34. The fourth-order valence-corrected chi connectivity index (χ4v) is 3.18. The van der Waals surface area contributed by atoms with E-state index in [1.807, 2.05) is 6.07 Å². The number of rotatable bonds is 5. The van der Waals surface area contributed by atoms with E-state index in [0.29, 0.717) is 22.4 Å². The number of nitrogens with one attached hydrogen (secondary N) is 1. The number of hydrogen-bond donors (Lipinski definition) is 1. The SMILES string of the molecule is CC(=O)N1N=C(c2ccc(NC(=O)c3ccccc3)cc2)O[C@H]1c1cccc([N+](=O)[O-])c1. The van der Waals surface area contributed by atoms with Gasteiger partial charge in [-0.3, -0.25) is 19.7 Å². The number of anilines is 1. The van der Waals surface area contributed by atoms with E-state index >= 15 is 0 Å². The molecule has 0 saturated heterocycles. The smallest absolute Gasteiger partial charge is 0.269 e. The average Bonchev–Trinajstić information content (AvgIpc) is 3.26. The van der Waals surface area contributed by atoms with E-state index in [-0.39, 0.29) is 23.4 Å². The standard InChI is InChI=1S/C23H18N4O5/c1-15(28)26-23(18-8-5-9-20(14-18)27(30)31)32-22(25-26)17-10-12-19(13-11-17)24-21(29)16-6-3-2-4-7-16/h2-14,23H,1H3,(H,24,29)/t23-/m0/s1. The van der Waals surface area contributed by atoms with Crippen molar-refractivity contribution < 1.29 is 19.2 Å². The van der Waals surface area contributed by atoms with Crippen molar-refractivity contribution in [2.24, 2.45) is 5.10 Å². The molecular weight excluding hydrogens is 412 g/mol. The second kappa shape index (κ2) is 8.68. The minimum Gasteiger partial charge on any atom is -0.446 e. The highest BCUT2D eigenvalue weighted by molar-refractivity contribution is 6.04. The zero-order valence-electron chi connectivity index (χ0n) is 17.0. The summed E-state index contributed by atoms with van der Waals surface area (Å²) in [5.41, 5.74) is 2.03. The van der Waals surface area contributed by atoms with Gasteiger partial charge in [-0.15, -0.1) is 5.10 Å². The number of nitro groups is 1. The van der Waals surface area contributed by atoms with E-state index in [1.165, 1.54) is 25.1 Å². The van der Waals surface area contributed by atoms with Crippen molar-refractivity contribution in [2.45, 2.75) is 13.2 Å². The maximum Gasteiger partial charge on any atom is 0.269 e. The van der Waals surface area contributed by atoms with Gasteiger partial charge in [0.2, 0.25) is 18.0 Å². The molecule has 0 bridgehead atoms. The quantitative estimate of drug-likeness (QED) is 0.484. The Morgan fingerprint density at radius 2 is 1.75 bits per heavy atom. The Labute approximate surface area is 183 Å². The van der Waals surface area contributed by atoms with Crippen molar-refractivity contribution >= 4 is 29.1 Å². The summed E-state index contributed by atoms with van der Waals surface area (Å²) in [4.78, 5) is 35.0. The Morgan fingerprint density at radius 3 is 2.41 bits per heavy atom. The van der Waals surface area contributed by atoms with Crippen molar-refractivity contribution in [3.63, 3.8) is 0 Å². The minimum absolute atomic E-state index is 0.110. The summed E-state index contributed by atoms with van der Waals surface area (Å²) in [6, 6.07) is 21.5. The molecule has 3 aromatic carbocycles. The first-order valence-corrected chi connectivity index (χ1v) is 9.68. The number of ether oxygens (including phenoxy) is 1. The molecule has 0 aliphatic carbocycles. The van der Waals surface area contributed by atoms with Crippen LogP contribution in [0.25, 0.3) is 0 Å². The third-order valence-electron chi connectivity index (χ3n) is 4.76. The van der Waals surface area contributed by atoms with E-state index < -0.39 is 11.2 Å². The molecule has 0 saturated carbocycles. The van der Waals surface area contributed by atoms with Gasteiger partial charge < -0.3 is 10.1 Å². The summed E-state index contributed by atoms with van der Waals surface area (Å²) < 4.78 is 5.88. The maximum absolute atomic E-state index is 12.3. The number of benzene rings is 3. The van der Waals surface area contributed by atoms with Crippen LogP contribution >= 0.6 is 0 Å². The van der Waals surface area contributed by atoms with Crippen LogP contribution < -0.4 is 5.32 Å². The number of non-ortho nitro benzene ring substituents is 1. The lowest BCUT2D eigenvalue weighted by Gasteiger charge is -2.19. The molecule has 160 valence electrons. The number of carbonyl (C=O) groups excluding carboxylic acids is 2. The third kappa shape index (κ3) is 4.31. The molecule has 0 aromatic heterocycles. The van der Waals surface area contributed by atoms with E-state index in [1.54, 1.807) is 54.6 Å². The average molecular weight is 430 g/mol. The Kier molecular flexibility index (Phi) is 5.63. The van der Waals surface area contributed by atoms with Gasteiger partial charge in [-0.2, -0.15) is 5.01 Å². The first kappa shape index (κ1) is 20.7. The predicted molar refractivity (Wildman–Crippen MR) is 117 cm³/mol. The summed E-state index contributed by atoms with van der Waals surface area (Å²) >= 11 is 0. The van der Waals surface area contributed by atoms with Crippen LogP contribution in [0.4, 0.5) is 11.4 Å². The Balaban J connectivity index is 1.53. The number of nitro benzene ring substituents is 1. The molecule has 32 heavy (non-hydrogen) atoms. The van der Waals surface area contributed by atoms with Crippen molar-refractivity contribution in [2.75, 3.05) is 5.32 Å². The molecule has 4 rings (SSSR count). The Morgan fingerprint density at radius 1 is 1.03 bits per heavy atom. The van der Waals surface area contributed by atoms with E-state index in [0.717, 1.165) is 5.01 Å². The van der Waals surface area contributed by atoms with Crippen molar-refractivity contribution in [3.8, 4) is 0 Å². The highest BCUT2D eigenvalue weighted by Crippen LogP contribution is 2.32. The highest BCUT2D eigenvalue weighted by Gasteiger charge is 2.33. The summed E-state index contributed by atoms with van der Waals surface area (Å²) in [7, 11) is 0. The largest absolute Gasteiger partial charge is 0.446 e. The number of nitrogens with zero attached hydrogens (tertiary/aromatic N) is 3. The second-order valence-corrected chi connectivity index (χ2v) is 6.99. The van der Waals surface area contributed by atoms with E-state index in [9.17, 15) is 19.7 Å². The van der Waals surface area contributed by atoms with Gasteiger partial charge in [0, 0.05) is 41.4 Å². The van der Waals surface area contributed by atoms with Gasteiger partial charge in [-0.05, 0) is 36.4 Å². The fourth-order valence-electron chi connectivity index (χ4n) is 3.18. The lowest BCUT2D eigenvalue weighted by molar-refractivity contribution is -0.385. The predicted octanol–water partition coefficient (Wildman–Crippen LogP) is 4.09. The fraction of sp³-hybridized carbons (Fsp3) is 0.0870. The molecule has 1 atom stereocenters. The second-order valence-electron chi connectivity index (χ2n) is 6.99. The summed E-state index contributed by atoms with van der Waals surface area (Å²) in [6.07, 6.45) is -0.917. The molecule has 0 fully saturated rings. The van der Waals surface area contributed by atoms with Gasteiger partial charge in [0.25, 0.3) is 11.6 Å². The molecule has 1 aliphatic heterocycles. The van der Waals surface area contributed by atoms with Gasteiger partial charge in [-0.25, -0.2) is 0 Å². The van der Waals surface area contributed by atoms with Crippen molar-refractivity contribution in [3.05, 3.63) is 106 Å². The third-order valence-corrected chi connectivity index (χ3v) is 4.76. The van der Waals surface area contributed by atoms with Crippen LogP contribution in [0.3, 0.4) is 0 Å². The van der Waals surface area contributed by atoms with Crippen LogP contribution in [0.5, 0.6) is 0 Å². The first-order valence-electron chi connectivity index (χ1n) is 9.68. The molecule has 0 unspecified atom stereocenters. The van der Waals surface area contributed by atoms with Gasteiger partial charge >= 0.3 is 0 Å². The molecule has 9 heteroatoms.